The average molecular weight is 538 g/mol. The van der Waals surface area contributed by atoms with Crippen LogP contribution in [0, 0.1) is 0 Å². The molecule has 1 heterocycles. The molecule has 8 heteroatoms. The standard InChI is InChI=1S/C31H24ClN3O4/c1-2-38-27-18-16-26(17-19-27)35-30(24-12-14-25(32)15-13-24)33-29(34-35)31(37)39-20-28(36)23-10-8-22(9-11-23)21-6-4-3-5-7-21/h3-19H,2,20H2,1H3. The van der Waals surface area contributed by atoms with Crippen molar-refractivity contribution >= 4 is 23.4 Å². The number of rotatable bonds is 9. The zero-order chi connectivity index (χ0) is 27.2. The summed E-state index contributed by atoms with van der Waals surface area (Å²) in [7, 11) is 0. The SMILES string of the molecule is CCOc1ccc(-n2nc(C(=O)OCC(=O)c3ccc(-c4ccccc4)cc3)nc2-c2ccc(Cl)cc2)cc1. The van der Waals surface area contributed by atoms with E-state index < -0.39 is 12.6 Å². The molecule has 4 aromatic carbocycles. The Labute approximate surface area is 230 Å². The average Bonchev–Trinajstić information content (AvgIpc) is 3.43. The fourth-order valence-corrected chi connectivity index (χ4v) is 4.10. The van der Waals surface area contributed by atoms with Gasteiger partial charge in [0.1, 0.15) is 5.75 Å². The molecule has 5 aromatic rings. The fraction of sp³-hybridized carbons (Fsp3) is 0.0968. The van der Waals surface area contributed by atoms with E-state index in [1.54, 1.807) is 41.1 Å². The van der Waals surface area contributed by atoms with Crippen molar-refractivity contribution in [2.45, 2.75) is 6.92 Å². The molecule has 1 aromatic heterocycles. The van der Waals surface area contributed by atoms with Crippen LogP contribution < -0.4 is 4.74 Å². The van der Waals surface area contributed by atoms with Crippen molar-refractivity contribution in [1.29, 1.82) is 0 Å². The van der Waals surface area contributed by atoms with Crippen molar-refractivity contribution in [3.05, 3.63) is 120 Å². The first-order valence-corrected chi connectivity index (χ1v) is 12.7. The van der Waals surface area contributed by atoms with E-state index >= 15 is 0 Å². The molecular formula is C31H24ClN3O4. The number of esters is 1. The third-order valence-corrected chi connectivity index (χ3v) is 6.18. The molecule has 0 aliphatic carbocycles. The van der Waals surface area contributed by atoms with Gasteiger partial charge < -0.3 is 9.47 Å². The summed E-state index contributed by atoms with van der Waals surface area (Å²) in [6.07, 6.45) is 0. The summed E-state index contributed by atoms with van der Waals surface area (Å²) in [6.45, 7) is 2.02. The Balaban J connectivity index is 1.34. The highest BCUT2D eigenvalue weighted by molar-refractivity contribution is 6.30. The lowest BCUT2D eigenvalue weighted by atomic mass is 10.0. The summed E-state index contributed by atoms with van der Waals surface area (Å²) in [5.74, 6) is -0.160. The Hall–Kier alpha value is -4.75. The molecule has 0 fully saturated rings. The lowest BCUT2D eigenvalue weighted by molar-refractivity contribution is 0.0462. The van der Waals surface area contributed by atoms with Crippen LogP contribution in [0.3, 0.4) is 0 Å². The minimum absolute atomic E-state index is 0.166. The Morgan fingerprint density at radius 2 is 1.44 bits per heavy atom. The van der Waals surface area contributed by atoms with Gasteiger partial charge in [0.05, 0.1) is 12.3 Å². The minimum atomic E-state index is -0.802. The van der Waals surface area contributed by atoms with E-state index in [1.165, 1.54) is 0 Å². The van der Waals surface area contributed by atoms with E-state index in [9.17, 15) is 9.59 Å². The smallest absolute Gasteiger partial charge is 0.378 e. The van der Waals surface area contributed by atoms with Crippen molar-refractivity contribution in [2.75, 3.05) is 13.2 Å². The number of benzene rings is 4. The molecule has 0 bridgehead atoms. The first-order valence-electron chi connectivity index (χ1n) is 12.3. The van der Waals surface area contributed by atoms with Gasteiger partial charge in [-0.2, -0.15) is 0 Å². The highest BCUT2D eigenvalue weighted by Gasteiger charge is 2.21. The van der Waals surface area contributed by atoms with Gasteiger partial charge in [0.15, 0.2) is 18.2 Å². The normalized spacial score (nSPS) is 10.7. The molecular weight excluding hydrogens is 514 g/mol. The zero-order valence-electron chi connectivity index (χ0n) is 21.1. The monoisotopic (exact) mass is 537 g/mol. The summed E-state index contributed by atoms with van der Waals surface area (Å²) in [6, 6.07) is 31.3. The van der Waals surface area contributed by atoms with Gasteiger partial charge in [-0.25, -0.2) is 14.5 Å². The second-order valence-corrected chi connectivity index (χ2v) is 8.98. The maximum Gasteiger partial charge on any atom is 0.378 e. The highest BCUT2D eigenvalue weighted by Crippen LogP contribution is 2.25. The van der Waals surface area contributed by atoms with Crippen molar-refractivity contribution in [1.82, 2.24) is 14.8 Å². The largest absolute Gasteiger partial charge is 0.494 e. The summed E-state index contributed by atoms with van der Waals surface area (Å²) in [5.41, 5.74) is 3.85. The van der Waals surface area contributed by atoms with E-state index in [4.69, 9.17) is 21.1 Å². The molecule has 7 nitrogen and oxygen atoms in total. The Kier molecular flexibility index (Phi) is 7.80. The highest BCUT2D eigenvalue weighted by atomic mass is 35.5. The minimum Gasteiger partial charge on any atom is -0.494 e. The molecule has 0 spiro atoms. The van der Waals surface area contributed by atoms with Gasteiger partial charge in [-0.15, -0.1) is 5.10 Å². The lowest BCUT2D eigenvalue weighted by Crippen LogP contribution is -2.15. The predicted octanol–water partition coefficient (Wildman–Crippen LogP) is 6.69. The van der Waals surface area contributed by atoms with Crippen LogP contribution in [-0.2, 0) is 4.74 Å². The van der Waals surface area contributed by atoms with Gasteiger partial charge >= 0.3 is 5.97 Å². The molecule has 5 rings (SSSR count). The van der Waals surface area contributed by atoms with E-state index in [0.29, 0.717) is 40.0 Å². The summed E-state index contributed by atoms with van der Waals surface area (Å²) >= 11 is 6.06. The van der Waals surface area contributed by atoms with Crippen LogP contribution in [0.4, 0.5) is 0 Å². The zero-order valence-corrected chi connectivity index (χ0v) is 21.8. The third kappa shape index (κ3) is 6.05. The Bertz CT molecular complexity index is 1580. The topological polar surface area (TPSA) is 83.3 Å². The lowest BCUT2D eigenvalue weighted by Gasteiger charge is -2.08. The van der Waals surface area contributed by atoms with Crippen molar-refractivity contribution in [2.24, 2.45) is 0 Å². The first kappa shape index (κ1) is 25.9. The number of ketones is 1. The Morgan fingerprint density at radius 3 is 2.10 bits per heavy atom. The van der Waals surface area contributed by atoms with Crippen molar-refractivity contribution < 1.29 is 19.1 Å². The number of hydrogen-bond acceptors (Lipinski definition) is 6. The number of aromatic nitrogens is 3. The summed E-state index contributed by atoms with van der Waals surface area (Å²) in [5, 5.41) is 4.97. The number of Topliss-reactive ketones (excluding diaryl/α,β-unsaturated/α-hetero) is 1. The number of hydrogen-bond donors (Lipinski definition) is 0. The van der Waals surface area contributed by atoms with Crippen molar-refractivity contribution in [3.8, 4) is 34.0 Å². The van der Waals surface area contributed by atoms with Gasteiger partial charge in [0.25, 0.3) is 5.82 Å². The molecule has 0 saturated heterocycles. The van der Waals surface area contributed by atoms with Gasteiger partial charge in [-0.05, 0) is 66.6 Å². The van der Waals surface area contributed by atoms with Gasteiger partial charge in [-0.1, -0.05) is 66.2 Å². The molecule has 0 aliphatic heterocycles. The fourth-order valence-electron chi connectivity index (χ4n) is 3.97. The van der Waals surface area contributed by atoms with Gasteiger partial charge in [0, 0.05) is 16.1 Å². The maximum absolute atomic E-state index is 12.9. The molecule has 0 aliphatic rings. The second kappa shape index (κ2) is 11.8. The van der Waals surface area contributed by atoms with Crippen LogP contribution in [0.1, 0.15) is 27.9 Å². The number of carbonyl (C=O) groups is 2. The van der Waals surface area contributed by atoms with E-state index in [-0.39, 0.29) is 11.6 Å². The van der Waals surface area contributed by atoms with E-state index in [2.05, 4.69) is 10.1 Å². The van der Waals surface area contributed by atoms with Crippen LogP contribution in [0.5, 0.6) is 5.75 Å². The molecule has 39 heavy (non-hydrogen) atoms. The number of nitrogens with zero attached hydrogens (tertiary/aromatic N) is 3. The first-order chi connectivity index (χ1) is 19.0. The van der Waals surface area contributed by atoms with E-state index in [1.807, 2.05) is 73.7 Å². The third-order valence-electron chi connectivity index (χ3n) is 5.93. The van der Waals surface area contributed by atoms with Crippen LogP contribution in [-0.4, -0.2) is 39.7 Å². The second-order valence-electron chi connectivity index (χ2n) is 8.55. The predicted molar refractivity (Wildman–Crippen MR) is 149 cm³/mol. The molecule has 0 N–H and O–H groups in total. The van der Waals surface area contributed by atoms with Crippen molar-refractivity contribution in [3.63, 3.8) is 0 Å². The molecule has 0 radical (unpaired) electrons. The van der Waals surface area contributed by atoms with Crippen LogP contribution in [0.25, 0.3) is 28.2 Å². The van der Waals surface area contributed by atoms with Crippen LogP contribution in [0.15, 0.2) is 103 Å². The summed E-state index contributed by atoms with van der Waals surface area (Å²) < 4.78 is 12.4. The number of halogens is 1. The summed E-state index contributed by atoms with van der Waals surface area (Å²) in [4.78, 5) is 30.0. The number of carbonyl (C=O) groups excluding carboxylic acids is 2. The van der Waals surface area contributed by atoms with Crippen LogP contribution >= 0.6 is 11.6 Å². The molecule has 0 atom stereocenters. The number of ether oxygens (including phenoxy) is 2. The van der Waals surface area contributed by atoms with Gasteiger partial charge in [-0.3, -0.25) is 4.79 Å². The van der Waals surface area contributed by atoms with Gasteiger partial charge in [0.2, 0.25) is 0 Å². The molecule has 0 unspecified atom stereocenters. The molecule has 194 valence electrons. The van der Waals surface area contributed by atoms with Crippen LogP contribution in [0.2, 0.25) is 5.02 Å². The quantitative estimate of drug-likeness (QED) is 0.154. The van der Waals surface area contributed by atoms with E-state index in [0.717, 1.165) is 11.1 Å². The molecule has 0 saturated carbocycles. The Morgan fingerprint density at radius 1 is 0.795 bits per heavy atom. The maximum atomic E-state index is 12.9. The molecule has 0 amide bonds.